The average molecular weight is 725 g/mol. The molecule has 3 aromatic rings. The van der Waals surface area contributed by atoms with Gasteiger partial charge in [0, 0.05) is 38.2 Å². The van der Waals surface area contributed by atoms with Crippen LogP contribution in [0.25, 0.3) is 11.1 Å². The number of unbranched alkanes of at least 4 members (excludes halogenated alkanes) is 2. The lowest BCUT2D eigenvalue weighted by molar-refractivity contribution is -0.253. The first-order valence-electron chi connectivity index (χ1n) is 18.6. The van der Waals surface area contributed by atoms with E-state index in [1.54, 1.807) is 13.1 Å². The molecular weight excluding hydrogens is 672 g/mol. The number of likely N-dealkylation sites (N-methyl/N-ethyl adjacent to an activating group) is 1. The maximum atomic E-state index is 13.2. The summed E-state index contributed by atoms with van der Waals surface area (Å²) in [6.07, 6.45) is 8.56. The van der Waals surface area contributed by atoms with Gasteiger partial charge in [0.25, 0.3) is 0 Å². The molecule has 0 bridgehead atoms. The van der Waals surface area contributed by atoms with Crippen molar-refractivity contribution in [1.82, 2.24) is 4.90 Å². The summed E-state index contributed by atoms with van der Waals surface area (Å²) in [7, 11) is 4.59. The van der Waals surface area contributed by atoms with E-state index in [-0.39, 0.29) is 37.6 Å². The molecule has 6 atom stereocenters. The molecule has 2 aliphatic carbocycles. The second kappa shape index (κ2) is 17.5. The fourth-order valence-electron chi connectivity index (χ4n) is 8.65. The largest absolute Gasteiger partial charge is 0.459 e. The molecule has 0 aromatic heterocycles. The minimum absolute atomic E-state index is 0.106. The lowest BCUT2D eigenvalue weighted by Crippen LogP contribution is -2.69. The molecule has 1 fully saturated rings. The van der Waals surface area contributed by atoms with Crippen molar-refractivity contribution >= 4 is 11.8 Å². The maximum Gasteiger partial charge on any atom is 0.409 e. The predicted octanol–water partition coefficient (Wildman–Crippen LogP) is 8.11. The van der Waals surface area contributed by atoms with Gasteiger partial charge in [-0.25, -0.2) is 4.79 Å². The molecule has 3 aliphatic rings. The number of rotatable bonds is 16. The van der Waals surface area contributed by atoms with Crippen LogP contribution in [0.4, 0.5) is 4.79 Å². The van der Waals surface area contributed by atoms with Crippen molar-refractivity contribution < 1.29 is 38.8 Å². The lowest BCUT2D eigenvalue weighted by atomic mass is 9.55. The number of nitrogens with zero attached hydrogens (tertiary/aromatic N) is 2. The van der Waals surface area contributed by atoms with Gasteiger partial charge in [-0.1, -0.05) is 72.6 Å². The number of oxime groups is 1. The first-order valence-corrected chi connectivity index (χ1v) is 18.6. The Morgan fingerprint density at radius 1 is 0.962 bits per heavy atom. The van der Waals surface area contributed by atoms with E-state index in [4.69, 9.17) is 23.8 Å². The molecule has 0 radical (unpaired) electrons. The number of carbonyl (C=O) groups is 1. The Morgan fingerprint density at radius 3 is 2.34 bits per heavy atom. The van der Waals surface area contributed by atoms with E-state index in [0.717, 1.165) is 53.7 Å². The lowest BCUT2D eigenvalue weighted by Gasteiger charge is -2.59. The number of fused-ring (bicyclic) bond motifs is 2. The molecule has 1 amide bonds. The van der Waals surface area contributed by atoms with Gasteiger partial charge in [0.05, 0.1) is 25.3 Å². The molecule has 1 heterocycles. The van der Waals surface area contributed by atoms with Gasteiger partial charge in [0.15, 0.2) is 0 Å². The Morgan fingerprint density at radius 2 is 1.66 bits per heavy atom. The third kappa shape index (κ3) is 7.86. The fourth-order valence-corrected chi connectivity index (χ4v) is 8.65. The van der Waals surface area contributed by atoms with E-state index in [1.807, 2.05) is 42.5 Å². The van der Waals surface area contributed by atoms with Gasteiger partial charge < -0.3 is 38.9 Å². The topological polar surface area (TPSA) is 119 Å². The number of hydrogen-bond donors (Lipinski definition) is 2. The van der Waals surface area contributed by atoms with Crippen LogP contribution in [0.3, 0.4) is 0 Å². The molecule has 53 heavy (non-hydrogen) atoms. The van der Waals surface area contributed by atoms with Gasteiger partial charge in [0.2, 0.25) is 5.79 Å². The van der Waals surface area contributed by atoms with E-state index in [9.17, 15) is 15.0 Å². The van der Waals surface area contributed by atoms with Crippen LogP contribution in [-0.2, 0) is 14.3 Å². The van der Waals surface area contributed by atoms with Crippen LogP contribution in [0.2, 0.25) is 0 Å². The number of hydrogen-bond acceptors (Lipinski definition) is 9. The molecule has 6 rings (SSSR count). The minimum Gasteiger partial charge on any atom is -0.459 e. The SMILES string of the molecule is C=CCO[C@@]12Oc3ccc(Oc4ccc(-c5ccccc5)cc4)cc3[C@H]3[C@H](CCCCO)[C@@H](CCCCO)C=C(C(=NOC)C[C@@H]1N(C)C(=O)OC)[C@H]32. The summed E-state index contributed by atoms with van der Waals surface area (Å²) in [5.74, 6) is 0.397. The Labute approximate surface area is 312 Å². The van der Waals surface area contributed by atoms with E-state index in [2.05, 4.69) is 48.1 Å². The second-order valence-electron chi connectivity index (χ2n) is 14.0. The third-order valence-electron chi connectivity index (χ3n) is 11.0. The zero-order valence-electron chi connectivity index (χ0n) is 31.0. The van der Waals surface area contributed by atoms with Crippen LogP contribution in [0, 0.1) is 17.8 Å². The average Bonchev–Trinajstić information content (AvgIpc) is 3.19. The zero-order chi connectivity index (χ0) is 37.4. The molecule has 0 saturated heterocycles. The molecule has 2 N–H and O–H groups in total. The van der Waals surface area contributed by atoms with E-state index in [0.29, 0.717) is 36.5 Å². The van der Waals surface area contributed by atoms with Crippen LogP contribution in [0.1, 0.15) is 56.4 Å². The Kier molecular flexibility index (Phi) is 12.5. The van der Waals surface area contributed by atoms with Crippen LogP contribution >= 0.6 is 0 Å². The molecule has 3 aromatic carbocycles. The van der Waals surface area contributed by atoms with Crippen LogP contribution in [0.5, 0.6) is 17.2 Å². The van der Waals surface area contributed by atoms with E-state index < -0.39 is 23.8 Å². The quantitative estimate of drug-likeness (QED) is 0.0865. The number of carbonyl (C=O) groups excluding carboxylic acids is 1. The van der Waals surface area contributed by atoms with Gasteiger partial charge in [-0.2, -0.15) is 0 Å². The Bertz CT molecular complexity index is 1760. The van der Waals surface area contributed by atoms with Crippen LogP contribution < -0.4 is 9.47 Å². The standard InChI is InChI=1S/C43H52N2O8/c1-5-25-51-43-39(45(2)42(48)49-3)28-37(44-50-4)35-26-31(15-9-11-23-46)34(16-10-12-24-47)40(41(35)43)36-27-33(21-22-38(36)53-43)52-32-19-17-30(18-20-32)29-13-7-6-8-14-29/h5-8,13-14,17-22,26-27,31,34,39-41,46-47H,1,9-12,15-16,23-25,28H2,2-4H3/t31-,34+,39-,40+,41+,43+/m0/s1. The first kappa shape index (κ1) is 38.1. The zero-order valence-corrected chi connectivity index (χ0v) is 31.0. The fraction of sp³-hybridized carbons (Fsp3) is 0.442. The Balaban J connectivity index is 1.50. The van der Waals surface area contributed by atoms with Crippen molar-refractivity contribution in [3.8, 4) is 28.4 Å². The van der Waals surface area contributed by atoms with Crippen molar-refractivity contribution in [3.63, 3.8) is 0 Å². The monoisotopic (exact) mass is 724 g/mol. The summed E-state index contributed by atoms with van der Waals surface area (Å²) >= 11 is 0. The van der Waals surface area contributed by atoms with Crippen LogP contribution in [0.15, 0.2) is 102 Å². The van der Waals surface area contributed by atoms with E-state index in [1.165, 1.54) is 19.1 Å². The molecular formula is C43H52N2O8. The number of benzene rings is 3. The summed E-state index contributed by atoms with van der Waals surface area (Å²) < 4.78 is 25.7. The molecule has 0 unspecified atom stereocenters. The smallest absolute Gasteiger partial charge is 0.409 e. The van der Waals surface area contributed by atoms with E-state index >= 15 is 0 Å². The van der Waals surface area contributed by atoms with Gasteiger partial charge >= 0.3 is 6.09 Å². The highest BCUT2D eigenvalue weighted by molar-refractivity contribution is 6.02. The Hall–Kier alpha value is -4.64. The van der Waals surface area contributed by atoms with Gasteiger partial charge in [-0.05, 0) is 84.6 Å². The molecule has 0 spiro atoms. The summed E-state index contributed by atoms with van der Waals surface area (Å²) in [4.78, 5) is 20.2. The second-order valence-corrected chi connectivity index (χ2v) is 14.0. The highest BCUT2D eigenvalue weighted by Gasteiger charge is 2.65. The summed E-state index contributed by atoms with van der Waals surface area (Å²) in [5.41, 5.74) is 4.91. The number of aliphatic hydroxyl groups excluding tert-OH is 2. The first-order chi connectivity index (χ1) is 25.9. The number of methoxy groups -OCH3 is 1. The normalized spacial score (nSPS) is 25.0. The number of amides is 1. The van der Waals surface area contributed by atoms with Crippen molar-refractivity contribution in [1.29, 1.82) is 0 Å². The molecule has 282 valence electrons. The molecule has 10 heteroatoms. The van der Waals surface area contributed by atoms with Gasteiger partial charge in [0.1, 0.15) is 30.4 Å². The number of aliphatic hydroxyl groups is 2. The van der Waals surface area contributed by atoms with Crippen molar-refractivity contribution in [2.45, 2.75) is 62.7 Å². The summed E-state index contributed by atoms with van der Waals surface area (Å²) in [5, 5.41) is 24.1. The molecule has 1 saturated carbocycles. The van der Waals surface area contributed by atoms with Gasteiger partial charge in [-0.15, -0.1) is 6.58 Å². The maximum absolute atomic E-state index is 13.2. The molecule has 10 nitrogen and oxygen atoms in total. The minimum atomic E-state index is -1.33. The molecule has 1 aliphatic heterocycles. The van der Waals surface area contributed by atoms with Crippen LogP contribution in [-0.4, -0.2) is 79.8 Å². The van der Waals surface area contributed by atoms with Crippen molar-refractivity contribution in [3.05, 3.63) is 103 Å². The van der Waals surface area contributed by atoms with Crippen molar-refractivity contribution in [2.75, 3.05) is 41.1 Å². The summed E-state index contributed by atoms with van der Waals surface area (Å²) in [6, 6.07) is 23.6. The van der Waals surface area contributed by atoms with Crippen molar-refractivity contribution in [2.24, 2.45) is 22.9 Å². The summed E-state index contributed by atoms with van der Waals surface area (Å²) in [6.45, 7) is 4.37. The predicted molar refractivity (Wildman–Crippen MR) is 204 cm³/mol. The number of allylic oxidation sites excluding steroid dienone is 1. The third-order valence-corrected chi connectivity index (χ3v) is 11.0. The van der Waals surface area contributed by atoms with Gasteiger partial charge in [-0.3, -0.25) is 0 Å². The highest BCUT2D eigenvalue weighted by atomic mass is 16.7. The number of ether oxygens (including phenoxy) is 4. The highest BCUT2D eigenvalue weighted by Crippen LogP contribution is 2.62.